The third-order valence-electron chi connectivity index (χ3n) is 5.19. The number of fused-ring (bicyclic) bond motifs is 1. The lowest BCUT2D eigenvalue weighted by molar-refractivity contribution is 0.103. The standard InChI is InChI=1S/C22H20ClN5O2S/c1-14-16-12-19(31-22(16)28(26-14)18-5-3-2-4-17(18)23)21(29)25-15-6-7-20(24-13-15)27-8-10-30-11-9-27/h2-7,12-13H,8-11H2,1H3,(H,25,29). The molecule has 1 fully saturated rings. The fourth-order valence-electron chi connectivity index (χ4n) is 3.58. The molecule has 158 valence electrons. The first-order chi connectivity index (χ1) is 15.1. The summed E-state index contributed by atoms with van der Waals surface area (Å²) in [6, 6.07) is 13.2. The van der Waals surface area contributed by atoms with E-state index in [0.29, 0.717) is 28.8 Å². The smallest absolute Gasteiger partial charge is 0.265 e. The van der Waals surface area contributed by atoms with Crippen LogP contribution in [0, 0.1) is 6.92 Å². The number of nitrogens with zero attached hydrogens (tertiary/aromatic N) is 4. The van der Waals surface area contributed by atoms with Crippen LogP contribution in [0.4, 0.5) is 11.5 Å². The molecular weight excluding hydrogens is 434 g/mol. The van der Waals surface area contributed by atoms with Crippen molar-refractivity contribution >= 4 is 50.6 Å². The molecule has 1 aromatic carbocycles. The second kappa shape index (κ2) is 8.30. The van der Waals surface area contributed by atoms with Gasteiger partial charge in [0.2, 0.25) is 0 Å². The van der Waals surface area contributed by atoms with E-state index in [1.54, 1.807) is 10.9 Å². The predicted octanol–water partition coefficient (Wildman–Crippen LogP) is 4.53. The van der Waals surface area contributed by atoms with Gasteiger partial charge in [0.25, 0.3) is 5.91 Å². The largest absolute Gasteiger partial charge is 0.378 e. The first-order valence-electron chi connectivity index (χ1n) is 9.94. The van der Waals surface area contributed by atoms with E-state index in [0.717, 1.165) is 40.5 Å². The van der Waals surface area contributed by atoms with E-state index >= 15 is 0 Å². The van der Waals surface area contributed by atoms with Crippen molar-refractivity contribution in [2.24, 2.45) is 0 Å². The van der Waals surface area contributed by atoms with Crippen molar-refractivity contribution in [2.45, 2.75) is 6.92 Å². The molecule has 7 nitrogen and oxygen atoms in total. The third-order valence-corrected chi connectivity index (χ3v) is 6.62. The Hall–Kier alpha value is -2.94. The molecule has 0 unspecified atom stereocenters. The molecule has 1 aliphatic heterocycles. The van der Waals surface area contributed by atoms with Gasteiger partial charge in [0.1, 0.15) is 10.6 Å². The highest BCUT2D eigenvalue weighted by atomic mass is 35.5. The molecule has 0 radical (unpaired) electrons. The summed E-state index contributed by atoms with van der Waals surface area (Å²) in [4.78, 5) is 21.0. The summed E-state index contributed by atoms with van der Waals surface area (Å²) < 4.78 is 7.18. The van der Waals surface area contributed by atoms with Crippen molar-refractivity contribution in [3.63, 3.8) is 0 Å². The normalized spacial score (nSPS) is 14.2. The van der Waals surface area contributed by atoms with Crippen molar-refractivity contribution in [1.82, 2.24) is 14.8 Å². The van der Waals surface area contributed by atoms with E-state index in [4.69, 9.17) is 16.3 Å². The van der Waals surface area contributed by atoms with Crippen LogP contribution in [0.2, 0.25) is 5.02 Å². The molecule has 0 aliphatic carbocycles. The molecule has 1 saturated heterocycles. The maximum atomic E-state index is 12.9. The summed E-state index contributed by atoms with van der Waals surface area (Å²) in [5, 5.41) is 9.10. The highest BCUT2D eigenvalue weighted by Crippen LogP contribution is 2.32. The van der Waals surface area contributed by atoms with Crippen LogP contribution in [0.25, 0.3) is 15.9 Å². The maximum absolute atomic E-state index is 12.9. The summed E-state index contributed by atoms with van der Waals surface area (Å²) in [6.45, 7) is 4.98. The zero-order valence-electron chi connectivity index (χ0n) is 16.8. The third kappa shape index (κ3) is 3.89. The number of nitrogens with one attached hydrogen (secondary N) is 1. The Bertz CT molecular complexity index is 1240. The van der Waals surface area contributed by atoms with Crippen molar-refractivity contribution in [1.29, 1.82) is 0 Å². The first-order valence-corrected chi connectivity index (χ1v) is 11.1. The lowest BCUT2D eigenvalue weighted by atomic mass is 10.3. The number of aromatic nitrogens is 3. The number of carbonyl (C=O) groups is 1. The summed E-state index contributed by atoms with van der Waals surface area (Å²) in [5.74, 6) is 0.714. The van der Waals surface area contributed by atoms with E-state index in [1.807, 2.05) is 49.4 Å². The topological polar surface area (TPSA) is 72.3 Å². The molecule has 0 atom stereocenters. The van der Waals surface area contributed by atoms with Crippen molar-refractivity contribution in [2.75, 3.05) is 36.5 Å². The number of aryl methyl sites for hydroxylation is 1. The number of hydrogen-bond acceptors (Lipinski definition) is 6. The molecular formula is C22H20ClN5O2S. The van der Waals surface area contributed by atoms with E-state index in [-0.39, 0.29) is 5.91 Å². The van der Waals surface area contributed by atoms with E-state index < -0.39 is 0 Å². The van der Waals surface area contributed by atoms with E-state index in [2.05, 4.69) is 20.3 Å². The SMILES string of the molecule is Cc1nn(-c2ccccc2Cl)c2sc(C(=O)Nc3ccc(N4CCOCC4)nc3)cc12. The molecule has 4 aromatic rings. The number of morpholine rings is 1. The fraction of sp³-hybridized carbons (Fsp3) is 0.227. The Morgan fingerprint density at radius 1 is 1.19 bits per heavy atom. The zero-order valence-corrected chi connectivity index (χ0v) is 18.4. The minimum absolute atomic E-state index is 0.174. The molecule has 1 N–H and O–H groups in total. The van der Waals surface area contributed by atoms with Crippen LogP contribution in [0.3, 0.4) is 0 Å². The van der Waals surface area contributed by atoms with Gasteiger partial charge in [0.05, 0.1) is 46.4 Å². The van der Waals surface area contributed by atoms with E-state index in [9.17, 15) is 4.79 Å². The summed E-state index contributed by atoms with van der Waals surface area (Å²) in [6.07, 6.45) is 1.69. The second-order valence-electron chi connectivity index (χ2n) is 7.24. The molecule has 3 aromatic heterocycles. The zero-order chi connectivity index (χ0) is 21.4. The van der Waals surface area contributed by atoms with Crippen molar-refractivity contribution in [3.05, 3.63) is 64.3 Å². The highest BCUT2D eigenvalue weighted by Gasteiger charge is 2.19. The molecule has 5 rings (SSSR count). The predicted molar refractivity (Wildman–Crippen MR) is 124 cm³/mol. The molecule has 4 heterocycles. The Morgan fingerprint density at radius 3 is 2.74 bits per heavy atom. The molecule has 31 heavy (non-hydrogen) atoms. The van der Waals surface area contributed by atoms with Crippen molar-refractivity contribution in [3.8, 4) is 5.69 Å². The number of rotatable bonds is 4. The fourth-order valence-corrected chi connectivity index (χ4v) is 4.86. The van der Waals surface area contributed by atoms with Gasteiger partial charge >= 0.3 is 0 Å². The van der Waals surface area contributed by atoms with Crippen LogP contribution in [0.5, 0.6) is 0 Å². The van der Waals surface area contributed by atoms with Gasteiger partial charge in [-0.3, -0.25) is 4.79 Å². The van der Waals surface area contributed by atoms with Gasteiger partial charge in [-0.1, -0.05) is 23.7 Å². The number of thiophene rings is 1. The number of anilines is 2. The number of hydrogen-bond donors (Lipinski definition) is 1. The van der Waals surface area contributed by atoms with E-state index in [1.165, 1.54) is 11.3 Å². The van der Waals surface area contributed by atoms with Gasteiger partial charge in [0, 0.05) is 18.5 Å². The van der Waals surface area contributed by atoms with Gasteiger partial charge in [-0.25, -0.2) is 9.67 Å². The van der Waals surface area contributed by atoms with Crippen LogP contribution in [0.1, 0.15) is 15.4 Å². The maximum Gasteiger partial charge on any atom is 0.265 e. The Balaban J connectivity index is 1.38. The number of carbonyl (C=O) groups excluding carboxylic acids is 1. The number of ether oxygens (including phenoxy) is 1. The molecule has 9 heteroatoms. The summed E-state index contributed by atoms with van der Waals surface area (Å²) >= 11 is 7.75. The number of halogens is 1. The van der Waals surface area contributed by atoms with Crippen LogP contribution in [-0.2, 0) is 4.74 Å². The lowest BCUT2D eigenvalue weighted by Gasteiger charge is -2.27. The lowest BCUT2D eigenvalue weighted by Crippen LogP contribution is -2.36. The minimum atomic E-state index is -0.174. The molecule has 1 aliphatic rings. The monoisotopic (exact) mass is 453 g/mol. The Labute approximate surface area is 188 Å². The molecule has 0 spiro atoms. The van der Waals surface area contributed by atoms with Crippen LogP contribution in [0.15, 0.2) is 48.7 Å². The first kappa shape index (κ1) is 20.0. The Morgan fingerprint density at radius 2 is 2.00 bits per heavy atom. The number of para-hydroxylation sites is 1. The molecule has 0 saturated carbocycles. The number of pyridine rings is 1. The van der Waals surface area contributed by atoms with Gasteiger partial charge in [-0.05, 0) is 37.3 Å². The number of benzene rings is 1. The molecule has 0 bridgehead atoms. The van der Waals surface area contributed by atoms with Crippen LogP contribution >= 0.6 is 22.9 Å². The van der Waals surface area contributed by atoms with Gasteiger partial charge in [-0.2, -0.15) is 5.10 Å². The van der Waals surface area contributed by atoms with Crippen LogP contribution < -0.4 is 10.2 Å². The van der Waals surface area contributed by atoms with Gasteiger partial charge < -0.3 is 15.0 Å². The average Bonchev–Trinajstić information content (AvgIpc) is 3.36. The van der Waals surface area contributed by atoms with Gasteiger partial charge in [0.15, 0.2) is 0 Å². The molecule has 1 amide bonds. The quantitative estimate of drug-likeness (QED) is 0.491. The minimum Gasteiger partial charge on any atom is -0.378 e. The van der Waals surface area contributed by atoms with Crippen LogP contribution in [-0.4, -0.2) is 47.0 Å². The summed E-state index contributed by atoms with van der Waals surface area (Å²) in [5.41, 5.74) is 2.30. The second-order valence-corrected chi connectivity index (χ2v) is 8.67. The average molecular weight is 454 g/mol. The van der Waals surface area contributed by atoms with Gasteiger partial charge in [-0.15, -0.1) is 11.3 Å². The van der Waals surface area contributed by atoms with Crippen molar-refractivity contribution < 1.29 is 9.53 Å². The highest BCUT2D eigenvalue weighted by molar-refractivity contribution is 7.20. The number of amides is 1. The Kier molecular flexibility index (Phi) is 5.35. The summed E-state index contributed by atoms with van der Waals surface area (Å²) in [7, 11) is 0.